The molecule has 0 aliphatic carbocycles. The standard InChI is InChI=1S/C6H5N2.Na.H/c7-8-6-4-2-1-3-5-6;;/h1-5H;;/q+1;;. The van der Waals surface area contributed by atoms with Gasteiger partial charge in [0.25, 0.3) is 0 Å². The molecular formula is C6H6N2Na+. The topological polar surface area (TPSA) is 28.1 Å². The van der Waals surface area contributed by atoms with Gasteiger partial charge in [0.15, 0.2) is 4.98 Å². The van der Waals surface area contributed by atoms with E-state index in [4.69, 9.17) is 5.39 Å². The second kappa shape index (κ2) is 4.51. The number of hydrogen-bond donors (Lipinski definition) is 0. The van der Waals surface area contributed by atoms with Crippen molar-refractivity contribution < 1.29 is 0 Å². The molecule has 0 saturated heterocycles. The SMILES string of the molecule is N#[N+]c1ccccc1.[NaH]. The van der Waals surface area contributed by atoms with Gasteiger partial charge in [-0.3, -0.25) is 0 Å². The van der Waals surface area contributed by atoms with Crippen LogP contribution in [0.25, 0.3) is 4.98 Å². The number of rotatable bonds is 0. The van der Waals surface area contributed by atoms with Gasteiger partial charge < -0.3 is 0 Å². The van der Waals surface area contributed by atoms with Crippen molar-refractivity contribution in [2.24, 2.45) is 0 Å². The van der Waals surface area contributed by atoms with Gasteiger partial charge in [-0.1, -0.05) is 18.2 Å². The summed E-state index contributed by atoms with van der Waals surface area (Å²) in [6.07, 6.45) is 0. The van der Waals surface area contributed by atoms with E-state index in [9.17, 15) is 0 Å². The second-order valence-corrected chi connectivity index (χ2v) is 1.44. The minimum absolute atomic E-state index is 0. The van der Waals surface area contributed by atoms with E-state index in [1.807, 2.05) is 18.2 Å². The summed E-state index contributed by atoms with van der Waals surface area (Å²) < 4.78 is 0. The molecule has 3 heteroatoms. The molecule has 0 bridgehead atoms. The fourth-order valence-corrected chi connectivity index (χ4v) is 0.495. The monoisotopic (exact) mass is 129 g/mol. The summed E-state index contributed by atoms with van der Waals surface area (Å²) in [4.78, 5) is 2.97. The maximum atomic E-state index is 8.16. The number of nitrogens with zero attached hydrogens (tertiary/aromatic N) is 2. The summed E-state index contributed by atoms with van der Waals surface area (Å²) >= 11 is 0. The van der Waals surface area contributed by atoms with E-state index in [1.54, 1.807) is 12.1 Å². The Morgan fingerprint density at radius 3 is 2.00 bits per heavy atom. The molecule has 40 valence electrons. The second-order valence-electron chi connectivity index (χ2n) is 1.44. The summed E-state index contributed by atoms with van der Waals surface area (Å²) in [7, 11) is 0. The van der Waals surface area contributed by atoms with Gasteiger partial charge >= 0.3 is 35.2 Å². The van der Waals surface area contributed by atoms with Crippen molar-refractivity contribution in [2.45, 2.75) is 0 Å². The van der Waals surface area contributed by atoms with Crippen molar-refractivity contribution in [3.8, 4) is 0 Å². The van der Waals surface area contributed by atoms with Crippen molar-refractivity contribution in [2.75, 3.05) is 0 Å². The molecule has 0 aliphatic rings. The van der Waals surface area contributed by atoms with Gasteiger partial charge in [-0.15, -0.1) is 0 Å². The summed E-state index contributed by atoms with van der Waals surface area (Å²) in [5, 5.41) is 8.16. The Labute approximate surface area is 75.8 Å². The molecule has 0 fully saturated rings. The van der Waals surface area contributed by atoms with E-state index in [2.05, 4.69) is 4.98 Å². The predicted molar refractivity (Wildman–Crippen MR) is 38.3 cm³/mol. The minimum atomic E-state index is 0. The van der Waals surface area contributed by atoms with E-state index in [-0.39, 0.29) is 29.6 Å². The normalized spacial score (nSPS) is 7.00. The van der Waals surface area contributed by atoms with E-state index in [1.165, 1.54) is 0 Å². The third-order valence-corrected chi connectivity index (χ3v) is 0.872. The molecule has 1 rings (SSSR count). The van der Waals surface area contributed by atoms with Gasteiger partial charge in [0.2, 0.25) is 5.39 Å². The zero-order valence-corrected chi connectivity index (χ0v) is 4.28. The molecule has 0 spiro atoms. The van der Waals surface area contributed by atoms with Crippen LogP contribution in [0.4, 0.5) is 5.69 Å². The summed E-state index contributed by atoms with van der Waals surface area (Å²) in [5.41, 5.74) is 0.590. The van der Waals surface area contributed by atoms with Crippen molar-refractivity contribution in [1.29, 1.82) is 5.39 Å². The van der Waals surface area contributed by atoms with Crippen LogP contribution in [-0.4, -0.2) is 29.6 Å². The third-order valence-electron chi connectivity index (χ3n) is 0.872. The van der Waals surface area contributed by atoms with Gasteiger partial charge in [-0.05, 0) is 0 Å². The summed E-state index contributed by atoms with van der Waals surface area (Å²) in [6, 6.07) is 8.94. The average molecular weight is 129 g/mol. The molecule has 0 aromatic heterocycles. The van der Waals surface area contributed by atoms with E-state index in [0.717, 1.165) is 0 Å². The first-order chi connectivity index (χ1) is 3.93. The molecule has 0 aliphatic heterocycles. The van der Waals surface area contributed by atoms with Gasteiger partial charge in [-0.25, -0.2) is 0 Å². The van der Waals surface area contributed by atoms with Crippen LogP contribution in [0.5, 0.6) is 0 Å². The fraction of sp³-hybridized carbons (Fsp3) is 0. The molecule has 2 nitrogen and oxygen atoms in total. The van der Waals surface area contributed by atoms with Crippen LogP contribution in [0.1, 0.15) is 0 Å². The molecule has 0 unspecified atom stereocenters. The van der Waals surface area contributed by atoms with Gasteiger partial charge in [0, 0.05) is 12.1 Å². The Morgan fingerprint density at radius 2 is 1.67 bits per heavy atom. The van der Waals surface area contributed by atoms with Crippen molar-refractivity contribution in [1.82, 2.24) is 0 Å². The van der Waals surface area contributed by atoms with Crippen LogP contribution >= 0.6 is 0 Å². The third kappa shape index (κ3) is 2.62. The first-order valence-corrected chi connectivity index (χ1v) is 2.33. The van der Waals surface area contributed by atoms with Crippen molar-refractivity contribution >= 4 is 35.2 Å². The van der Waals surface area contributed by atoms with Crippen LogP contribution in [0.15, 0.2) is 30.3 Å². The van der Waals surface area contributed by atoms with Gasteiger partial charge in [-0.2, -0.15) is 0 Å². The average Bonchev–Trinajstić information content (AvgIpc) is 1.90. The Bertz CT molecular complexity index is 202. The van der Waals surface area contributed by atoms with Crippen LogP contribution in [0, 0.1) is 5.39 Å². The Kier molecular flexibility index (Phi) is 4.33. The van der Waals surface area contributed by atoms with E-state index in [0.29, 0.717) is 5.69 Å². The Morgan fingerprint density at radius 1 is 1.11 bits per heavy atom. The van der Waals surface area contributed by atoms with Crippen LogP contribution in [0.3, 0.4) is 0 Å². The molecule has 1 aromatic rings. The molecule has 0 saturated carbocycles. The zero-order valence-electron chi connectivity index (χ0n) is 4.28. The van der Waals surface area contributed by atoms with Crippen molar-refractivity contribution in [3.05, 3.63) is 35.3 Å². The molecular weight excluding hydrogens is 123 g/mol. The fourth-order valence-electron chi connectivity index (χ4n) is 0.495. The van der Waals surface area contributed by atoms with E-state index < -0.39 is 0 Å². The molecule has 0 radical (unpaired) electrons. The first kappa shape index (κ1) is 8.64. The molecule has 0 heterocycles. The molecule has 1 aromatic carbocycles. The maximum absolute atomic E-state index is 8.16. The summed E-state index contributed by atoms with van der Waals surface area (Å²) in [5.74, 6) is 0. The first-order valence-electron chi connectivity index (χ1n) is 2.33. The van der Waals surface area contributed by atoms with Gasteiger partial charge in [0.1, 0.15) is 0 Å². The van der Waals surface area contributed by atoms with E-state index >= 15 is 0 Å². The molecule has 0 N–H and O–H groups in total. The summed E-state index contributed by atoms with van der Waals surface area (Å²) in [6.45, 7) is 0. The van der Waals surface area contributed by atoms with Crippen LogP contribution < -0.4 is 0 Å². The van der Waals surface area contributed by atoms with Crippen LogP contribution in [0.2, 0.25) is 0 Å². The van der Waals surface area contributed by atoms with Crippen LogP contribution in [-0.2, 0) is 0 Å². The Hall–Kier alpha value is -0.360. The Balaban J connectivity index is 0.000000640. The quantitative estimate of drug-likeness (QED) is 0.385. The zero-order chi connectivity index (χ0) is 5.82. The molecule has 0 amide bonds. The molecule has 0 atom stereocenters. The number of benzene rings is 1. The van der Waals surface area contributed by atoms with Gasteiger partial charge in [0.05, 0.1) is 0 Å². The van der Waals surface area contributed by atoms with Crippen molar-refractivity contribution in [3.63, 3.8) is 0 Å². The predicted octanol–water partition coefficient (Wildman–Crippen LogP) is 1.52. The number of diazo groups is 1. The number of hydrogen-bond acceptors (Lipinski definition) is 1. The molecule has 9 heavy (non-hydrogen) atoms.